The van der Waals surface area contributed by atoms with Crippen LogP contribution in [-0.4, -0.2) is 38.0 Å². The van der Waals surface area contributed by atoms with Gasteiger partial charge in [0, 0.05) is 24.2 Å². The normalized spacial score (nSPS) is 11.1. The molecule has 3 aromatic rings. The molecule has 0 radical (unpaired) electrons. The lowest BCUT2D eigenvalue weighted by atomic mass is 10.0. The van der Waals surface area contributed by atoms with Crippen LogP contribution < -0.4 is 10.7 Å². The minimum Gasteiger partial charge on any atom is -0.455 e. The molecule has 0 aliphatic carbocycles. The monoisotopic (exact) mass is 350 g/mol. The number of benzene rings is 2. The molecule has 0 aliphatic rings. The van der Waals surface area contributed by atoms with Crippen LogP contribution in [0.4, 0.5) is 0 Å². The summed E-state index contributed by atoms with van der Waals surface area (Å²) in [6, 6.07) is 14.5. The van der Waals surface area contributed by atoms with E-state index in [2.05, 4.69) is 5.32 Å². The Balaban J connectivity index is 2.10. The van der Waals surface area contributed by atoms with Gasteiger partial charge in [0.2, 0.25) is 0 Å². The molecule has 0 saturated carbocycles. The van der Waals surface area contributed by atoms with Gasteiger partial charge in [0.15, 0.2) is 11.0 Å². The summed E-state index contributed by atoms with van der Waals surface area (Å²) in [7, 11) is 3.88. The lowest BCUT2D eigenvalue weighted by Crippen LogP contribution is -2.31. The quantitative estimate of drug-likeness (QED) is 0.768. The summed E-state index contributed by atoms with van der Waals surface area (Å²) in [6.07, 6.45) is 0. The third-order valence-corrected chi connectivity index (χ3v) is 4.27. The van der Waals surface area contributed by atoms with Crippen LogP contribution in [0.5, 0.6) is 0 Å². The highest BCUT2D eigenvalue weighted by Crippen LogP contribution is 2.27. The Morgan fingerprint density at radius 2 is 1.81 bits per heavy atom. The van der Waals surface area contributed by atoms with E-state index >= 15 is 0 Å². The maximum absolute atomic E-state index is 12.8. The first-order chi connectivity index (χ1) is 12.5. The average Bonchev–Trinajstić information content (AvgIpc) is 2.64. The minimum atomic E-state index is -0.247. The molecule has 0 aliphatic heterocycles. The zero-order chi connectivity index (χ0) is 18.7. The molecule has 1 N–H and O–H groups in total. The van der Waals surface area contributed by atoms with Crippen molar-refractivity contribution in [2.75, 3.05) is 27.2 Å². The molecule has 0 bridgehead atoms. The van der Waals surface area contributed by atoms with E-state index in [1.54, 1.807) is 25.1 Å². The summed E-state index contributed by atoms with van der Waals surface area (Å²) in [5.41, 5.74) is 1.92. The van der Waals surface area contributed by atoms with Gasteiger partial charge in [-0.15, -0.1) is 0 Å². The summed E-state index contributed by atoms with van der Waals surface area (Å²) in [6.45, 7) is 3.00. The first-order valence-electron chi connectivity index (χ1n) is 8.54. The average molecular weight is 350 g/mol. The highest BCUT2D eigenvalue weighted by Gasteiger charge is 2.18. The van der Waals surface area contributed by atoms with Gasteiger partial charge in [0.25, 0.3) is 5.91 Å². The summed E-state index contributed by atoms with van der Waals surface area (Å²) in [4.78, 5) is 27.4. The van der Waals surface area contributed by atoms with Crippen LogP contribution in [0.3, 0.4) is 0 Å². The smallest absolute Gasteiger partial charge is 0.255 e. The number of nitrogens with one attached hydrogen (secondary N) is 1. The fraction of sp³-hybridized carbons (Fsp3) is 0.238. The van der Waals surface area contributed by atoms with Gasteiger partial charge in [-0.2, -0.15) is 0 Å². The molecule has 1 aromatic heterocycles. The number of hydrogen-bond donors (Lipinski definition) is 1. The molecule has 1 amide bonds. The summed E-state index contributed by atoms with van der Waals surface area (Å²) in [5, 5.41) is 3.29. The number of likely N-dealkylation sites (N-methyl/N-ethyl adjacent to an activating group) is 1. The Labute approximate surface area is 152 Å². The molecular weight excluding hydrogens is 328 g/mol. The highest BCUT2D eigenvalue weighted by atomic mass is 16.3. The van der Waals surface area contributed by atoms with E-state index in [4.69, 9.17) is 4.42 Å². The van der Waals surface area contributed by atoms with Crippen molar-refractivity contribution in [1.82, 2.24) is 10.2 Å². The Bertz CT molecular complexity index is 991. The number of fused-ring (bicyclic) bond motifs is 1. The number of carbonyl (C=O) groups is 1. The van der Waals surface area contributed by atoms with E-state index in [1.165, 1.54) is 0 Å². The van der Waals surface area contributed by atoms with E-state index in [9.17, 15) is 9.59 Å². The SMILES string of the molecule is Cc1c(-c2ccccc2)oc2c(C(=O)NCCN(C)C)cccc2c1=O. The number of rotatable bonds is 5. The molecule has 0 saturated heterocycles. The zero-order valence-corrected chi connectivity index (χ0v) is 15.2. The Hall–Kier alpha value is -2.92. The summed E-state index contributed by atoms with van der Waals surface area (Å²) < 4.78 is 6.07. The Morgan fingerprint density at radius 3 is 2.50 bits per heavy atom. The maximum Gasteiger partial charge on any atom is 0.255 e. The van der Waals surface area contributed by atoms with E-state index in [-0.39, 0.29) is 11.3 Å². The van der Waals surface area contributed by atoms with E-state index < -0.39 is 0 Å². The molecule has 2 aromatic carbocycles. The predicted octanol–water partition coefficient (Wildman–Crippen LogP) is 3.06. The van der Waals surface area contributed by atoms with Gasteiger partial charge in [0.05, 0.1) is 10.9 Å². The third-order valence-electron chi connectivity index (χ3n) is 4.27. The van der Waals surface area contributed by atoms with Crippen LogP contribution in [0.25, 0.3) is 22.3 Å². The van der Waals surface area contributed by atoms with Gasteiger partial charge in [-0.05, 0) is 33.2 Å². The maximum atomic E-state index is 12.8. The molecule has 26 heavy (non-hydrogen) atoms. The standard InChI is InChI=1S/C21H22N2O3/c1-14-18(24)16-10-7-11-17(21(25)22-12-13-23(2)3)20(16)26-19(14)15-8-5-4-6-9-15/h4-11H,12-13H2,1-3H3,(H,22,25). The van der Waals surface area contributed by atoms with Crippen molar-refractivity contribution in [3.63, 3.8) is 0 Å². The van der Waals surface area contributed by atoms with Gasteiger partial charge < -0.3 is 14.6 Å². The molecule has 3 rings (SSSR count). The minimum absolute atomic E-state index is 0.118. The van der Waals surface area contributed by atoms with Crippen LogP contribution in [0, 0.1) is 6.92 Å². The molecule has 1 heterocycles. The largest absolute Gasteiger partial charge is 0.455 e. The fourth-order valence-corrected chi connectivity index (χ4v) is 2.84. The van der Waals surface area contributed by atoms with E-state index in [0.29, 0.717) is 34.4 Å². The van der Waals surface area contributed by atoms with Crippen molar-refractivity contribution in [2.24, 2.45) is 0 Å². The number of nitrogens with zero attached hydrogens (tertiary/aromatic N) is 1. The first-order valence-corrected chi connectivity index (χ1v) is 8.54. The predicted molar refractivity (Wildman–Crippen MR) is 104 cm³/mol. The molecule has 0 atom stereocenters. The third kappa shape index (κ3) is 3.53. The van der Waals surface area contributed by atoms with Crippen LogP contribution in [0.1, 0.15) is 15.9 Å². The van der Waals surface area contributed by atoms with Gasteiger partial charge in [0.1, 0.15) is 5.76 Å². The van der Waals surface area contributed by atoms with E-state index in [1.807, 2.05) is 49.3 Å². The van der Waals surface area contributed by atoms with Crippen molar-refractivity contribution in [3.8, 4) is 11.3 Å². The zero-order valence-electron chi connectivity index (χ0n) is 15.2. The van der Waals surface area contributed by atoms with Crippen molar-refractivity contribution in [1.29, 1.82) is 0 Å². The van der Waals surface area contributed by atoms with E-state index in [0.717, 1.165) is 12.1 Å². The highest BCUT2D eigenvalue weighted by molar-refractivity contribution is 6.05. The van der Waals surface area contributed by atoms with Crippen molar-refractivity contribution < 1.29 is 9.21 Å². The van der Waals surface area contributed by atoms with Gasteiger partial charge >= 0.3 is 0 Å². The molecule has 5 nitrogen and oxygen atoms in total. The van der Waals surface area contributed by atoms with Crippen LogP contribution in [0.2, 0.25) is 0 Å². The molecule has 0 fully saturated rings. The fourth-order valence-electron chi connectivity index (χ4n) is 2.84. The Kier molecular flexibility index (Phi) is 5.19. The lowest BCUT2D eigenvalue weighted by molar-refractivity contribution is 0.0951. The van der Waals surface area contributed by atoms with Gasteiger partial charge in [-0.3, -0.25) is 9.59 Å². The number of carbonyl (C=O) groups excluding carboxylic acids is 1. The van der Waals surface area contributed by atoms with Crippen molar-refractivity contribution >= 4 is 16.9 Å². The lowest BCUT2D eigenvalue weighted by Gasteiger charge is -2.12. The number of hydrogen-bond acceptors (Lipinski definition) is 4. The topological polar surface area (TPSA) is 62.6 Å². The summed E-state index contributed by atoms with van der Waals surface area (Å²) >= 11 is 0. The number of amides is 1. The van der Waals surface area contributed by atoms with Crippen molar-refractivity contribution in [2.45, 2.75) is 6.92 Å². The second-order valence-electron chi connectivity index (χ2n) is 6.49. The van der Waals surface area contributed by atoms with Crippen LogP contribution >= 0.6 is 0 Å². The Morgan fingerprint density at radius 1 is 1.08 bits per heavy atom. The van der Waals surface area contributed by atoms with Crippen LogP contribution in [-0.2, 0) is 0 Å². The summed E-state index contributed by atoms with van der Waals surface area (Å²) in [5.74, 6) is 0.250. The van der Waals surface area contributed by atoms with Gasteiger partial charge in [-0.1, -0.05) is 36.4 Å². The molecule has 0 unspecified atom stereocenters. The second kappa shape index (κ2) is 7.54. The first kappa shape index (κ1) is 17.9. The van der Waals surface area contributed by atoms with Crippen LogP contribution in [0.15, 0.2) is 57.7 Å². The molecule has 5 heteroatoms. The van der Waals surface area contributed by atoms with Gasteiger partial charge in [-0.25, -0.2) is 0 Å². The number of para-hydroxylation sites is 1. The molecular formula is C21H22N2O3. The van der Waals surface area contributed by atoms with Crippen molar-refractivity contribution in [3.05, 3.63) is 69.9 Å². The molecule has 0 spiro atoms. The molecule has 134 valence electrons. The second-order valence-corrected chi connectivity index (χ2v) is 6.49.